The number of anilines is 1. The lowest BCUT2D eigenvalue weighted by Crippen LogP contribution is -2.43. The Labute approximate surface area is 161 Å². The van der Waals surface area contributed by atoms with Crippen LogP contribution in [-0.4, -0.2) is 37.6 Å². The summed E-state index contributed by atoms with van der Waals surface area (Å²) in [6, 6.07) is 16.6. The number of ether oxygens (including phenoxy) is 1. The fourth-order valence-electron chi connectivity index (χ4n) is 4.55. The van der Waals surface area contributed by atoms with Crippen LogP contribution in [-0.2, 0) is 16.8 Å². The molecule has 1 atom stereocenters. The summed E-state index contributed by atoms with van der Waals surface area (Å²) >= 11 is 0. The van der Waals surface area contributed by atoms with Crippen molar-refractivity contribution in [2.75, 3.05) is 31.6 Å². The number of nitrogens with zero attached hydrogens (tertiary/aromatic N) is 2. The van der Waals surface area contributed by atoms with Gasteiger partial charge in [0.1, 0.15) is 5.75 Å². The van der Waals surface area contributed by atoms with Crippen LogP contribution in [0.5, 0.6) is 5.75 Å². The van der Waals surface area contributed by atoms with Crippen LogP contribution in [0.4, 0.5) is 5.69 Å². The maximum absolute atomic E-state index is 13.5. The topological polar surface area (TPSA) is 32.8 Å². The van der Waals surface area contributed by atoms with Crippen molar-refractivity contribution in [2.24, 2.45) is 5.92 Å². The molecule has 1 amide bonds. The lowest BCUT2D eigenvalue weighted by atomic mass is 9.81. The largest absolute Gasteiger partial charge is 0.497 e. The van der Waals surface area contributed by atoms with E-state index in [2.05, 4.69) is 49.1 Å². The van der Waals surface area contributed by atoms with Gasteiger partial charge in [-0.05, 0) is 48.2 Å². The van der Waals surface area contributed by atoms with E-state index in [0.717, 1.165) is 44.0 Å². The molecule has 4 heteroatoms. The monoisotopic (exact) mass is 364 g/mol. The third kappa shape index (κ3) is 3.12. The van der Waals surface area contributed by atoms with E-state index in [0.29, 0.717) is 5.92 Å². The number of carbonyl (C=O) groups is 1. The van der Waals surface area contributed by atoms with Gasteiger partial charge in [0.25, 0.3) is 0 Å². The van der Waals surface area contributed by atoms with Gasteiger partial charge in [-0.2, -0.15) is 0 Å². The van der Waals surface area contributed by atoms with E-state index in [4.69, 9.17) is 4.74 Å². The second-order valence-electron chi connectivity index (χ2n) is 8.22. The molecule has 1 saturated heterocycles. The average Bonchev–Trinajstić information content (AvgIpc) is 3.19. The highest BCUT2D eigenvalue weighted by molar-refractivity contribution is 6.08. The Morgan fingerprint density at radius 3 is 2.56 bits per heavy atom. The van der Waals surface area contributed by atoms with E-state index in [1.165, 1.54) is 11.1 Å². The van der Waals surface area contributed by atoms with Crippen LogP contribution in [0, 0.1) is 5.92 Å². The van der Waals surface area contributed by atoms with Crippen molar-refractivity contribution in [2.45, 2.75) is 32.2 Å². The number of benzene rings is 2. The number of methoxy groups -OCH3 is 1. The summed E-state index contributed by atoms with van der Waals surface area (Å²) in [6.45, 7) is 7.74. The SMILES string of the molecule is COc1ccc(CN2CCC3(C2)C(=O)N(CC(C)C)c2ccccc23)cc1. The number of fused-ring (bicyclic) bond motifs is 2. The fraction of sp³-hybridized carbons (Fsp3) is 0.435. The van der Waals surface area contributed by atoms with Crippen LogP contribution >= 0.6 is 0 Å². The molecule has 1 fully saturated rings. The number of amides is 1. The van der Waals surface area contributed by atoms with Crippen LogP contribution in [0.1, 0.15) is 31.4 Å². The number of likely N-dealkylation sites (tertiary alicyclic amines) is 1. The third-order valence-electron chi connectivity index (χ3n) is 5.83. The van der Waals surface area contributed by atoms with Crippen molar-refractivity contribution in [3.8, 4) is 5.75 Å². The molecule has 1 unspecified atom stereocenters. The molecule has 2 aromatic rings. The zero-order chi connectivity index (χ0) is 19.0. The first-order chi connectivity index (χ1) is 13.0. The van der Waals surface area contributed by atoms with Gasteiger partial charge in [-0.15, -0.1) is 0 Å². The smallest absolute Gasteiger partial charge is 0.239 e. The molecule has 0 radical (unpaired) electrons. The average molecular weight is 364 g/mol. The lowest BCUT2D eigenvalue weighted by Gasteiger charge is -2.25. The van der Waals surface area contributed by atoms with Gasteiger partial charge in [-0.25, -0.2) is 0 Å². The maximum atomic E-state index is 13.5. The van der Waals surface area contributed by atoms with Crippen molar-refractivity contribution < 1.29 is 9.53 Å². The summed E-state index contributed by atoms with van der Waals surface area (Å²) in [5.41, 5.74) is 3.21. The number of para-hydroxylation sites is 1. The molecular formula is C23H28N2O2. The van der Waals surface area contributed by atoms with Crippen LogP contribution in [0.25, 0.3) is 0 Å². The molecule has 4 rings (SSSR count). The van der Waals surface area contributed by atoms with Gasteiger partial charge in [0.2, 0.25) is 5.91 Å². The first-order valence-electron chi connectivity index (χ1n) is 9.80. The Hall–Kier alpha value is -2.33. The van der Waals surface area contributed by atoms with Crippen molar-refractivity contribution in [3.63, 3.8) is 0 Å². The molecule has 2 heterocycles. The molecular weight excluding hydrogens is 336 g/mol. The second kappa shape index (κ2) is 7.01. The van der Waals surface area contributed by atoms with Gasteiger partial charge in [0.05, 0.1) is 12.5 Å². The van der Waals surface area contributed by atoms with E-state index in [1.54, 1.807) is 7.11 Å². The van der Waals surface area contributed by atoms with E-state index in [9.17, 15) is 4.79 Å². The molecule has 0 saturated carbocycles. The Kier molecular flexibility index (Phi) is 4.68. The second-order valence-corrected chi connectivity index (χ2v) is 8.22. The number of hydrogen-bond donors (Lipinski definition) is 0. The quantitative estimate of drug-likeness (QED) is 0.808. The van der Waals surface area contributed by atoms with E-state index >= 15 is 0 Å². The minimum absolute atomic E-state index is 0.287. The molecule has 2 aromatic carbocycles. The molecule has 0 bridgehead atoms. The molecule has 2 aliphatic rings. The highest BCUT2D eigenvalue weighted by atomic mass is 16.5. The number of hydrogen-bond acceptors (Lipinski definition) is 3. The molecule has 142 valence electrons. The van der Waals surface area contributed by atoms with Gasteiger partial charge in [0, 0.05) is 25.3 Å². The van der Waals surface area contributed by atoms with E-state index in [-0.39, 0.29) is 11.3 Å². The van der Waals surface area contributed by atoms with Crippen molar-refractivity contribution in [1.29, 1.82) is 0 Å². The molecule has 1 spiro atoms. The first-order valence-corrected chi connectivity index (χ1v) is 9.80. The molecule has 2 aliphatic heterocycles. The summed E-state index contributed by atoms with van der Waals surface area (Å²) in [5.74, 6) is 1.62. The highest BCUT2D eigenvalue weighted by Crippen LogP contribution is 2.47. The molecule has 27 heavy (non-hydrogen) atoms. The minimum atomic E-state index is -0.377. The standard InChI is InChI=1S/C23H28N2O2/c1-17(2)14-25-21-7-5-4-6-20(21)23(22(25)26)12-13-24(16-23)15-18-8-10-19(27-3)11-9-18/h4-11,17H,12-16H2,1-3H3. The van der Waals surface area contributed by atoms with Crippen molar-refractivity contribution in [1.82, 2.24) is 4.90 Å². The van der Waals surface area contributed by atoms with Crippen LogP contribution in [0.3, 0.4) is 0 Å². The van der Waals surface area contributed by atoms with Gasteiger partial charge in [0.15, 0.2) is 0 Å². The normalized spacial score (nSPS) is 22.1. The Morgan fingerprint density at radius 1 is 1.11 bits per heavy atom. The Balaban J connectivity index is 1.57. The summed E-state index contributed by atoms with van der Waals surface area (Å²) in [7, 11) is 1.69. The summed E-state index contributed by atoms with van der Waals surface area (Å²) < 4.78 is 5.25. The third-order valence-corrected chi connectivity index (χ3v) is 5.83. The van der Waals surface area contributed by atoms with Crippen LogP contribution < -0.4 is 9.64 Å². The van der Waals surface area contributed by atoms with Crippen molar-refractivity contribution in [3.05, 3.63) is 59.7 Å². The first kappa shape index (κ1) is 18.1. The predicted octanol–water partition coefficient (Wildman–Crippen LogP) is 3.84. The summed E-state index contributed by atoms with van der Waals surface area (Å²) in [6.07, 6.45) is 0.896. The van der Waals surface area contributed by atoms with Crippen molar-refractivity contribution >= 4 is 11.6 Å². The summed E-state index contributed by atoms with van der Waals surface area (Å²) in [4.78, 5) is 17.9. The van der Waals surface area contributed by atoms with Gasteiger partial charge < -0.3 is 9.64 Å². The van der Waals surface area contributed by atoms with Gasteiger partial charge in [-0.3, -0.25) is 9.69 Å². The zero-order valence-electron chi connectivity index (χ0n) is 16.4. The lowest BCUT2D eigenvalue weighted by molar-refractivity contribution is -0.122. The number of carbonyl (C=O) groups excluding carboxylic acids is 1. The molecule has 0 N–H and O–H groups in total. The summed E-state index contributed by atoms with van der Waals surface area (Å²) in [5, 5.41) is 0. The number of rotatable bonds is 5. The Bertz CT molecular complexity index is 831. The van der Waals surface area contributed by atoms with E-state index < -0.39 is 0 Å². The highest BCUT2D eigenvalue weighted by Gasteiger charge is 2.54. The predicted molar refractivity (Wildman–Crippen MR) is 108 cm³/mol. The minimum Gasteiger partial charge on any atom is -0.497 e. The fourth-order valence-corrected chi connectivity index (χ4v) is 4.55. The molecule has 0 aromatic heterocycles. The maximum Gasteiger partial charge on any atom is 0.239 e. The molecule has 0 aliphatic carbocycles. The zero-order valence-corrected chi connectivity index (χ0v) is 16.4. The molecule has 4 nitrogen and oxygen atoms in total. The van der Waals surface area contributed by atoms with Gasteiger partial charge >= 0.3 is 0 Å². The van der Waals surface area contributed by atoms with E-state index in [1.807, 2.05) is 23.1 Å². The van der Waals surface area contributed by atoms with Crippen LogP contribution in [0.2, 0.25) is 0 Å². The Morgan fingerprint density at radius 2 is 1.85 bits per heavy atom. The van der Waals surface area contributed by atoms with Gasteiger partial charge in [-0.1, -0.05) is 44.2 Å². The van der Waals surface area contributed by atoms with Crippen LogP contribution in [0.15, 0.2) is 48.5 Å².